The third-order valence-corrected chi connectivity index (χ3v) is 2.63. The Balaban J connectivity index is 2.20. The smallest absolute Gasteiger partial charge is 0.176 e. The zero-order chi connectivity index (χ0) is 9.10. The highest BCUT2D eigenvalue weighted by Crippen LogP contribution is 2.09. The first-order chi connectivity index (χ1) is 6.34. The predicted molar refractivity (Wildman–Crippen MR) is 54.3 cm³/mol. The average Bonchev–Trinajstić information content (AvgIpc) is 2.53. The van der Waals surface area contributed by atoms with Crippen LogP contribution in [0.2, 0.25) is 0 Å². The summed E-state index contributed by atoms with van der Waals surface area (Å²) in [7, 11) is 0. The molecule has 2 rings (SSSR count). The monoisotopic (exact) mass is 209 g/mol. The SMILES string of the molecule is S=c1[nH]nc(Cc2ccccn2)s1. The molecule has 0 saturated carbocycles. The van der Waals surface area contributed by atoms with Gasteiger partial charge in [-0.1, -0.05) is 17.4 Å². The van der Waals surface area contributed by atoms with Gasteiger partial charge in [-0.3, -0.25) is 10.1 Å². The van der Waals surface area contributed by atoms with E-state index in [1.807, 2.05) is 18.2 Å². The van der Waals surface area contributed by atoms with Gasteiger partial charge in [0.05, 0.1) is 0 Å². The minimum absolute atomic E-state index is 0.714. The van der Waals surface area contributed by atoms with Gasteiger partial charge in [0, 0.05) is 18.3 Å². The zero-order valence-electron chi connectivity index (χ0n) is 6.73. The molecule has 2 heterocycles. The molecule has 0 aliphatic rings. The molecule has 0 aliphatic carbocycles. The highest BCUT2D eigenvalue weighted by Gasteiger charge is 1.99. The van der Waals surface area contributed by atoms with E-state index in [0.717, 1.165) is 17.1 Å². The largest absolute Gasteiger partial charge is 0.261 e. The summed E-state index contributed by atoms with van der Waals surface area (Å²) in [5, 5.41) is 7.78. The highest BCUT2D eigenvalue weighted by atomic mass is 32.1. The lowest BCUT2D eigenvalue weighted by Gasteiger charge is -1.93. The Morgan fingerprint density at radius 1 is 1.46 bits per heavy atom. The first kappa shape index (κ1) is 8.52. The van der Waals surface area contributed by atoms with Crippen LogP contribution in [0.4, 0.5) is 0 Å². The Bertz CT molecular complexity index is 432. The second kappa shape index (κ2) is 3.76. The van der Waals surface area contributed by atoms with Crippen LogP contribution >= 0.6 is 23.6 Å². The molecule has 1 N–H and O–H groups in total. The Morgan fingerprint density at radius 2 is 2.38 bits per heavy atom. The van der Waals surface area contributed by atoms with Gasteiger partial charge in [-0.15, -0.1) is 0 Å². The Labute approximate surface area is 84.5 Å². The van der Waals surface area contributed by atoms with E-state index in [-0.39, 0.29) is 0 Å². The average molecular weight is 209 g/mol. The third-order valence-electron chi connectivity index (χ3n) is 1.54. The number of H-pyrrole nitrogens is 1. The topological polar surface area (TPSA) is 41.6 Å². The number of nitrogens with zero attached hydrogens (tertiary/aromatic N) is 2. The van der Waals surface area contributed by atoms with Crippen molar-refractivity contribution in [2.45, 2.75) is 6.42 Å². The molecule has 0 amide bonds. The normalized spacial score (nSPS) is 10.2. The molecule has 0 aromatic carbocycles. The number of hydrogen-bond donors (Lipinski definition) is 1. The van der Waals surface area contributed by atoms with E-state index >= 15 is 0 Å². The van der Waals surface area contributed by atoms with Crippen molar-refractivity contribution in [3.8, 4) is 0 Å². The van der Waals surface area contributed by atoms with E-state index in [0.29, 0.717) is 3.95 Å². The lowest BCUT2D eigenvalue weighted by molar-refractivity contribution is 0.972. The highest BCUT2D eigenvalue weighted by molar-refractivity contribution is 7.73. The fraction of sp³-hybridized carbons (Fsp3) is 0.125. The summed E-state index contributed by atoms with van der Waals surface area (Å²) in [6, 6.07) is 5.84. The van der Waals surface area contributed by atoms with E-state index in [2.05, 4.69) is 15.2 Å². The molecule has 0 aliphatic heterocycles. The summed E-state index contributed by atoms with van der Waals surface area (Å²) in [4.78, 5) is 4.20. The molecule has 3 nitrogen and oxygen atoms in total. The van der Waals surface area contributed by atoms with Crippen LogP contribution in [0.3, 0.4) is 0 Å². The molecule has 0 bridgehead atoms. The van der Waals surface area contributed by atoms with Crippen molar-refractivity contribution < 1.29 is 0 Å². The molecule has 0 radical (unpaired) electrons. The molecular weight excluding hydrogens is 202 g/mol. The first-order valence-corrected chi connectivity index (χ1v) is 5.01. The first-order valence-electron chi connectivity index (χ1n) is 3.79. The van der Waals surface area contributed by atoms with Crippen LogP contribution in [0.15, 0.2) is 24.4 Å². The Hall–Kier alpha value is -1.07. The van der Waals surface area contributed by atoms with Crippen molar-refractivity contribution in [1.29, 1.82) is 0 Å². The minimum Gasteiger partial charge on any atom is -0.261 e. The van der Waals surface area contributed by atoms with Crippen molar-refractivity contribution in [3.05, 3.63) is 39.1 Å². The standard InChI is InChI=1S/C8H7N3S2/c12-8-11-10-7(13-8)5-6-3-1-2-4-9-6/h1-4H,5H2,(H,11,12). The molecule has 5 heteroatoms. The molecule has 66 valence electrons. The van der Waals surface area contributed by atoms with Gasteiger partial charge >= 0.3 is 0 Å². The van der Waals surface area contributed by atoms with Gasteiger partial charge in [0.25, 0.3) is 0 Å². The van der Waals surface area contributed by atoms with Gasteiger partial charge in [0.2, 0.25) is 0 Å². The number of pyridine rings is 1. The number of nitrogens with one attached hydrogen (secondary N) is 1. The summed E-state index contributed by atoms with van der Waals surface area (Å²) in [6.45, 7) is 0. The zero-order valence-corrected chi connectivity index (χ0v) is 8.36. The van der Waals surface area contributed by atoms with Crippen LogP contribution in [0.1, 0.15) is 10.7 Å². The van der Waals surface area contributed by atoms with Gasteiger partial charge in [0.1, 0.15) is 5.01 Å². The quantitative estimate of drug-likeness (QED) is 0.771. The maximum atomic E-state index is 4.93. The van der Waals surface area contributed by atoms with E-state index < -0.39 is 0 Å². The number of aromatic nitrogens is 3. The summed E-state index contributed by atoms with van der Waals surface area (Å²) in [5.41, 5.74) is 1.01. The van der Waals surface area contributed by atoms with E-state index in [1.54, 1.807) is 6.20 Å². The van der Waals surface area contributed by atoms with Crippen molar-refractivity contribution in [3.63, 3.8) is 0 Å². The minimum atomic E-state index is 0.714. The summed E-state index contributed by atoms with van der Waals surface area (Å²) in [6.07, 6.45) is 2.53. The fourth-order valence-electron chi connectivity index (χ4n) is 0.994. The summed E-state index contributed by atoms with van der Waals surface area (Å²) >= 11 is 6.42. The molecule has 0 unspecified atom stereocenters. The third kappa shape index (κ3) is 2.19. The Kier molecular flexibility index (Phi) is 2.47. The van der Waals surface area contributed by atoms with Gasteiger partial charge in [-0.2, -0.15) is 5.10 Å². The van der Waals surface area contributed by atoms with Gasteiger partial charge < -0.3 is 0 Å². The fourth-order valence-corrected chi connectivity index (χ4v) is 1.94. The molecule has 13 heavy (non-hydrogen) atoms. The van der Waals surface area contributed by atoms with E-state index in [1.165, 1.54) is 11.3 Å². The number of hydrogen-bond acceptors (Lipinski definition) is 4. The lowest BCUT2D eigenvalue weighted by Crippen LogP contribution is -1.89. The van der Waals surface area contributed by atoms with Gasteiger partial charge in [-0.25, -0.2) is 0 Å². The van der Waals surface area contributed by atoms with Crippen molar-refractivity contribution >= 4 is 23.6 Å². The van der Waals surface area contributed by atoms with Crippen molar-refractivity contribution in [1.82, 2.24) is 15.2 Å². The Morgan fingerprint density at radius 3 is 3.00 bits per heavy atom. The predicted octanol–water partition coefficient (Wildman–Crippen LogP) is 2.19. The molecule has 2 aromatic heterocycles. The number of rotatable bonds is 2. The molecule has 0 saturated heterocycles. The van der Waals surface area contributed by atoms with Crippen LogP contribution < -0.4 is 0 Å². The van der Waals surface area contributed by atoms with E-state index in [9.17, 15) is 0 Å². The van der Waals surface area contributed by atoms with Gasteiger partial charge in [-0.05, 0) is 24.4 Å². The molecule has 2 aromatic rings. The number of aromatic amines is 1. The van der Waals surface area contributed by atoms with Crippen molar-refractivity contribution in [2.75, 3.05) is 0 Å². The molecule has 0 fully saturated rings. The molecule has 0 spiro atoms. The molecule has 0 atom stereocenters. The van der Waals surface area contributed by atoms with E-state index in [4.69, 9.17) is 12.2 Å². The van der Waals surface area contributed by atoms with Crippen LogP contribution in [0.5, 0.6) is 0 Å². The van der Waals surface area contributed by atoms with Crippen molar-refractivity contribution in [2.24, 2.45) is 0 Å². The maximum Gasteiger partial charge on any atom is 0.176 e. The van der Waals surface area contributed by atoms with Crippen LogP contribution in [0, 0.1) is 3.95 Å². The summed E-state index contributed by atoms with van der Waals surface area (Å²) in [5.74, 6) is 0. The van der Waals surface area contributed by atoms with Crippen LogP contribution in [-0.2, 0) is 6.42 Å². The lowest BCUT2D eigenvalue weighted by atomic mass is 10.3. The van der Waals surface area contributed by atoms with Gasteiger partial charge in [0.15, 0.2) is 3.95 Å². The molecular formula is C8H7N3S2. The second-order valence-electron chi connectivity index (χ2n) is 2.50. The maximum absolute atomic E-state index is 4.93. The van der Waals surface area contributed by atoms with Crippen LogP contribution in [-0.4, -0.2) is 15.2 Å². The second-order valence-corrected chi connectivity index (χ2v) is 4.26. The summed E-state index contributed by atoms with van der Waals surface area (Å²) < 4.78 is 0.714. The van der Waals surface area contributed by atoms with Crippen LogP contribution in [0.25, 0.3) is 0 Å².